The molecule has 4 saturated heterocycles. The van der Waals surface area contributed by atoms with Crippen LogP contribution in [0.3, 0.4) is 0 Å². The van der Waals surface area contributed by atoms with Crippen LogP contribution in [0.1, 0.15) is 70.6 Å². The standard InChI is InChI=1S/C18H34N4/c1-3-12-19-17(8-1)9-6-14-22(15-17)16-7-5-11-18(21-16)10-2-4-13-20-18/h16,19-21H,1-15H2. The first-order chi connectivity index (χ1) is 10.8. The van der Waals surface area contributed by atoms with Crippen molar-refractivity contribution in [2.24, 2.45) is 0 Å². The molecule has 22 heavy (non-hydrogen) atoms. The van der Waals surface area contributed by atoms with Crippen LogP contribution in [0.2, 0.25) is 0 Å². The van der Waals surface area contributed by atoms with Gasteiger partial charge in [-0.05, 0) is 83.8 Å². The highest BCUT2D eigenvalue weighted by Crippen LogP contribution is 2.34. The average molecular weight is 306 g/mol. The van der Waals surface area contributed by atoms with Crippen molar-refractivity contribution < 1.29 is 0 Å². The molecule has 4 heterocycles. The first-order valence-electron chi connectivity index (χ1n) is 9.81. The Morgan fingerprint density at radius 3 is 2.32 bits per heavy atom. The van der Waals surface area contributed by atoms with Gasteiger partial charge >= 0.3 is 0 Å². The molecule has 4 aliphatic heterocycles. The Morgan fingerprint density at radius 2 is 1.55 bits per heavy atom. The van der Waals surface area contributed by atoms with E-state index in [9.17, 15) is 0 Å². The third-order valence-electron chi connectivity index (χ3n) is 6.65. The lowest BCUT2D eigenvalue weighted by atomic mass is 9.81. The topological polar surface area (TPSA) is 39.3 Å². The van der Waals surface area contributed by atoms with Gasteiger partial charge in [0, 0.05) is 12.1 Å². The lowest BCUT2D eigenvalue weighted by molar-refractivity contribution is 0.00297. The lowest BCUT2D eigenvalue weighted by Crippen LogP contribution is -2.70. The molecule has 126 valence electrons. The largest absolute Gasteiger partial charge is 0.310 e. The maximum atomic E-state index is 4.05. The van der Waals surface area contributed by atoms with E-state index < -0.39 is 0 Å². The van der Waals surface area contributed by atoms with Crippen LogP contribution in [0.5, 0.6) is 0 Å². The molecule has 0 amide bonds. The van der Waals surface area contributed by atoms with Crippen LogP contribution in [-0.2, 0) is 0 Å². The van der Waals surface area contributed by atoms with Crippen LogP contribution in [0.4, 0.5) is 0 Å². The highest BCUT2D eigenvalue weighted by atomic mass is 15.4. The Kier molecular flexibility index (Phi) is 4.46. The molecule has 3 N–H and O–H groups in total. The molecule has 4 fully saturated rings. The summed E-state index contributed by atoms with van der Waals surface area (Å²) in [4.78, 5) is 2.78. The molecule has 2 spiro atoms. The van der Waals surface area contributed by atoms with Crippen LogP contribution in [0.15, 0.2) is 0 Å². The number of hydrogen-bond donors (Lipinski definition) is 3. The third kappa shape index (κ3) is 3.08. The van der Waals surface area contributed by atoms with Crippen molar-refractivity contribution in [3.05, 3.63) is 0 Å². The first-order valence-corrected chi connectivity index (χ1v) is 9.81. The highest BCUT2D eigenvalue weighted by molar-refractivity contribution is 5.00. The fourth-order valence-electron chi connectivity index (χ4n) is 5.45. The van der Waals surface area contributed by atoms with E-state index in [0.717, 1.165) is 0 Å². The van der Waals surface area contributed by atoms with E-state index in [0.29, 0.717) is 11.7 Å². The number of rotatable bonds is 1. The maximum absolute atomic E-state index is 4.05. The van der Waals surface area contributed by atoms with Crippen molar-refractivity contribution in [1.29, 1.82) is 0 Å². The van der Waals surface area contributed by atoms with Crippen molar-refractivity contribution >= 4 is 0 Å². The predicted molar refractivity (Wildman–Crippen MR) is 90.8 cm³/mol. The molecule has 0 aliphatic carbocycles. The van der Waals surface area contributed by atoms with E-state index >= 15 is 0 Å². The van der Waals surface area contributed by atoms with Crippen LogP contribution in [0, 0.1) is 0 Å². The molecule has 0 radical (unpaired) electrons. The second-order valence-corrected chi connectivity index (χ2v) is 8.26. The summed E-state index contributed by atoms with van der Waals surface area (Å²) < 4.78 is 0. The third-order valence-corrected chi connectivity index (χ3v) is 6.65. The van der Waals surface area contributed by atoms with Gasteiger partial charge < -0.3 is 5.32 Å². The summed E-state index contributed by atoms with van der Waals surface area (Å²) >= 11 is 0. The summed E-state index contributed by atoms with van der Waals surface area (Å²) in [5.41, 5.74) is 0.689. The zero-order chi connectivity index (χ0) is 14.9. The fraction of sp³-hybridized carbons (Fsp3) is 1.00. The van der Waals surface area contributed by atoms with Crippen LogP contribution < -0.4 is 16.0 Å². The number of nitrogens with zero attached hydrogens (tertiary/aromatic N) is 1. The zero-order valence-electron chi connectivity index (χ0n) is 14.1. The van der Waals surface area contributed by atoms with Gasteiger partial charge in [0.15, 0.2) is 0 Å². The normalized spacial score (nSPS) is 44.5. The minimum Gasteiger partial charge on any atom is -0.310 e. The minimum absolute atomic E-state index is 0.256. The molecule has 0 aromatic carbocycles. The second-order valence-electron chi connectivity index (χ2n) is 8.26. The van der Waals surface area contributed by atoms with Crippen LogP contribution in [0.25, 0.3) is 0 Å². The summed E-state index contributed by atoms with van der Waals surface area (Å²) in [7, 11) is 0. The number of hydrogen-bond acceptors (Lipinski definition) is 4. The van der Waals surface area contributed by atoms with Gasteiger partial charge in [-0.2, -0.15) is 0 Å². The zero-order valence-corrected chi connectivity index (χ0v) is 14.1. The van der Waals surface area contributed by atoms with E-state index in [4.69, 9.17) is 0 Å². The Balaban J connectivity index is 1.42. The average Bonchev–Trinajstić information content (AvgIpc) is 2.56. The number of likely N-dealkylation sites (tertiary alicyclic amines) is 1. The smallest absolute Gasteiger partial charge is 0.0699 e. The van der Waals surface area contributed by atoms with Gasteiger partial charge in [-0.25, -0.2) is 0 Å². The van der Waals surface area contributed by atoms with Gasteiger partial charge in [0.25, 0.3) is 0 Å². The summed E-state index contributed by atoms with van der Waals surface area (Å²) in [6.45, 7) is 4.99. The van der Waals surface area contributed by atoms with Gasteiger partial charge in [0.2, 0.25) is 0 Å². The summed E-state index contributed by atoms with van der Waals surface area (Å²) in [6.07, 6.45) is 15.6. The molecule has 4 heteroatoms. The Hall–Kier alpha value is -0.160. The molecule has 0 aromatic rings. The van der Waals surface area contributed by atoms with E-state index in [-0.39, 0.29) is 5.66 Å². The summed E-state index contributed by atoms with van der Waals surface area (Å²) in [5.74, 6) is 0. The first kappa shape index (κ1) is 15.4. The fourth-order valence-corrected chi connectivity index (χ4v) is 5.45. The predicted octanol–water partition coefficient (Wildman–Crippen LogP) is 2.16. The minimum atomic E-state index is 0.256. The van der Waals surface area contributed by atoms with E-state index in [1.165, 1.54) is 96.8 Å². The van der Waals surface area contributed by atoms with Gasteiger partial charge in [0.05, 0.1) is 11.8 Å². The van der Waals surface area contributed by atoms with Crippen molar-refractivity contribution in [3.63, 3.8) is 0 Å². The summed E-state index contributed by atoms with van der Waals surface area (Å²) in [5, 5.41) is 11.8. The van der Waals surface area contributed by atoms with Gasteiger partial charge in [-0.3, -0.25) is 15.5 Å². The van der Waals surface area contributed by atoms with Gasteiger partial charge in [-0.15, -0.1) is 0 Å². The lowest BCUT2D eigenvalue weighted by Gasteiger charge is -2.53. The quantitative estimate of drug-likeness (QED) is 0.694. The van der Waals surface area contributed by atoms with Crippen molar-refractivity contribution in [1.82, 2.24) is 20.9 Å². The maximum Gasteiger partial charge on any atom is 0.0699 e. The Morgan fingerprint density at radius 1 is 0.773 bits per heavy atom. The summed E-state index contributed by atoms with van der Waals surface area (Å²) in [6, 6.07) is 0. The van der Waals surface area contributed by atoms with Gasteiger partial charge in [0.1, 0.15) is 0 Å². The SMILES string of the molecule is C1CCC2(CCCN(C3CCCC4(CCCCN4)N3)C2)NC1. The van der Waals surface area contributed by atoms with Crippen LogP contribution >= 0.6 is 0 Å². The molecule has 0 bridgehead atoms. The molecule has 4 nitrogen and oxygen atoms in total. The highest BCUT2D eigenvalue weighted by Gasteiger charge is 2.42. The van der Waals surface area contributed by atoms with E-state index in [1.54, 1.807) is 0 Å². The molecule has 3 unspecified atom stereocenters. The molecule has 4 aliphatic rings. The number of nitrogens with one attached hydrogen (secondary N) is 3. The second kappa shape index (κ2) is 6.39. The van der Waals surface area contributed by atoms with Crippen LogP contribution in [-0.4, -0.2) is 48.4 Å². The van der Waals surface area contributed by atoms with Gasteiger partial charge in [-0.1, -0.05) is 6.42 Å². The molecular weight excluding hydrogens is 272 g/mol. The van der Waals surface area contributed by atoms with E-state index in [2.05, 4.69) is 20.9 Å². The van der Waals surface area contributed by atoms with E-state index in [1.807, 2.05) is 0 Å². The molecule has 4 rings (SSSR count). The van der Waals surface area contributed by atoms with Crippen molar-refractivity contribution in [3.8, 4) is 0 Å². The molecule has 0 saturated carbocycles. The molecule has 0 aromatic heterocycles. The number of piperidine rings is 4. The molecular formula is C18H34N4. The monoisotopic (exact) mass is 306 g/mol. The van der Waals surface area contributed by atoms with Crippen molar-refractivity contribution in [2.45, 2.75) is 88.0 Å². The Bertz CT molecular complexity index is 324. The Labute approximate surface area is 135 Å². The van der Waals surface area contributed by atoms with Crippen molar-refractivity contribution in [2.75, 3.05) is 26.2 Å². The molecule has 3 atom stereocenters.